The number of benzene rings is 1. The summed E-state index contributed by atoms with van der Waals surface area (Å²) >= 11 is 1.38. The first-order valence-corrected chi connectivity index (χ1v) is 10.4. The molecule has 156 valence electrons. The van der Waals surface area contributed by atoms with Crippen molar-refractivity contribution in [2.75, 3.05) is 19.0 Å². The van der Waals surface area contributed by atoms with Crippen molar-refractivity contribution in [1.82, 2.24) is 9.97 Å². The standard InChI is InChI=1S/C22H23N3O4S/c1-4-12-28-19-17-15(14-10-8-7-9-11-14)16(21(26)27-6-3)18(23)29-20(17)25-22(24-19)30-13-5-2/h4-5,7-11,15H,1-2,6,12-13,23H2,3H3. The zero-order valence-electron chi connectivity index (χ0n) is 16.7. The van der Waals surface area contributed by atoms with Crippen LogP contribution in [0.2, 0.25) is 0 Å². The lowest BCUT2D eigenvalue weighted by molar-refractivity contribution is -0.139. The number of nitrogens with two attached hydrogens (primary N) is 1. The summed E-state index contributed by atoms with van der Waals surface area (Å²) in [5.41, 5.74) is 7.69. The van der Waals surface area contributed by atoms with Gasteiger partial charge in [0.05, 0.1) is 18.1 Å². The highest BCUT2D eigenvalue weighted by atomic mass is 32.2. The van der Waals surface area contributed by atoms with E-state index < -0.39 is 11.9 Å². The molecule has 0 saturated carbocycles. The van der Waals surface area contributed by atoms with Crippen molar-refractivity contribution in [2.24, 2.45) is 5.73 Å². The number of aromatic nitrogens is 2. The second-order valence-corrected chi connectivity index (χ2v) is 7.16. The maximum absolute atomic E-state index is 12.8. The Morgan fingerprint density at radius 3 is 2.70 bits per heavy atom. The molecule has 1 aliphatic rings. The maximum atomic E-state index is 12.8. The van der Waals surface area contributed by atoms with Crippen molar-refractivity contribution in [1.29, 1.82) is 0 Å². The van der Waals surface area contributed by atoms with Gasteiger partial charge in [0.1, 0.15) is 12.2 Å². The number of carbonyl (C=O) groups excluding carboxylic acids is 1. The molecule has 1 atom stereocenters. The zero-order chi connectivity index (χ0) is 21.5. The molecule has 0 spiro atoms. The Morgan fingerprint density at radius 1 is 1.27 bits per heavy atom. The van der Waals surface area contributed by atoms with E-state index in [1.54, 1.807) is 19.1 Å². The van der Waals surface area contributed by atoms with Gasteiger partial charge < -0.3 is 19.9 Å². The molecule has 7 nitrogen and oxygen atoms in total. The van der Waals surface area contributed by atoms with Gasteiger partial charge in [-0.2, -0.15) is 9.97 Å². The molecule has 1 aliphatic heterocycles. The fraction of sp³-hybridized carbons (Fsp3) is 0.227. The van der Waals surface area contributed by atoms with Gasteiger partial charge in [0.2, 0.25) is 17.6 Å². The summed E-state index contributed by atoms with van der Waals surface area (Å²) in [5.74, 6) is -0.0599. The lowest BCUT2D eigenvalue weighted by Gasteiger charge is -2.28. The van der Waals surface area contributed by atoms with Crippen LogP contribution < -0.4 is 15.2 Å². The van der Waals surface area contributed by atoms with E-state index >= 15 is 0 Å². The lowest BCUT2D eigenvalue weighted by atomic mass is 9.84. The van der Waals surface area contributed by atoms with Gasteiger partial charge in [-0.15, -0.1) is 6.58 Å². The average Bonchev–Trinajstić information content (AvgIpc) is 2.75. The Hall–Kier alpha value is -3.26. The first-order chi connectivity index (χ1) is 14.6. The van der Waals surface area contributed by atoms with Crippen LogP contribution in [-0.4, -0.2) is 34.9 Å². The van der Waals surface area contributed by atoms with Gasteiger partial charge in [-0.3, -0.25) is 0 Å². The van der Waals surface area contributed by atoms with E-state index in [0.717, 1.165) is 5.56 Å². The Morgan fingerprint density at radius 2 is 2.03 bits per heavy atom. The third-order valence-corrected chi connectivity index (χ3v) is 5.04. The highest BCUT2D eigenvalue weighted by molar-refractivity contribution is 7.99. The van der Waals surface area contributed by atoms with Crippen molar-refractivity contribution in [3.63, 3.8) is 0 Å². The third kappa shape index (κ3) is 4.49. The molecule has 2 aromatic rings. The Balaban J connectivity index is 2.22. The van der Waals surface area contributed by atoms with Gasteiger partial charge in [0, 0.05) is 5.75 Å². The molecule has 0 fully saturated rings. The number of hydrogen-bond donors (Lipinski definition) is 1. The monoisotopic (exact) mass is 425 g/mol. The number of thioether (sulfide) groups is 1. The maximum Gasteiger partial charge on any atom is 0.340 e. The Bertz CT molecular complexity index is 976. The van der Waals surface area contributed by atoms with E-state index in [1.165, 1.54) is 11.8 Å². The first-order valence-electron chi connectivity index (χ1n) is 9.39. The molecule has 1 aromatic carbocycles. The first kappa shape index (κ1) is 21.4. The Kier molecular flexibility index (Phi) is 7.13. The van der Waals surface area contributed by atoms with Crippen LogP contribution in [0.15, 0.2) is 72.3 Å². The molecule has 0 saturated heterocycles. The SMILES string of the molecule is C=CCOc1nc(SCC=C)nc2c1C(c1ccccc1)C(C(=O)OCC)=C(N)O2. The van der Waals surface area contributed by atoms with E-state index in [-0.39, 0.29) is 30.5 Å². The number of ether oxygens (including phenoxy) is 3. The van der Waals surface area contributed by atoms with E-state index in [2.05, 4.69) is 23.1 Å². The van der Waals surface area contributed by atoms with Crippen LogP contribution in [0.5, 0.6) is 11.8 Å². The molecule has 3 rings (SSSR count). The number of carbonyl (C=O) groups is 1. The fourth-order valence-corrected chi connectivity index (χ4v) is 3.59. The van der Waals surface area contributed by atoms with E-state index in [9.17, 15) is 4.79 Å². The van der Waals surface area contributed by atoms with E-state index in [4.69, 9.17) is 19.9 Å². The van der Waals surface area contributed by atoms with Crippen LogP contribution in [0.3, 0.4) is 0 Å². The molecule has 1 aromatic heterocycles. The summed E-state index contributed by atoms with van der Waals surface area (Å²) in [5, 5.41) is 0.451. The van der Waals surface area contributed by atoms with Crippen LogP contribution in [0, 0.1) is 0 Å². The van der Waals surface area contributed by atoms with Crippen LogP contribution in [-0.2, 0) is 9.53 Å². The smallest absolute Gasteiger partial charge is 0.340 e. The van der Waals surface area contributed by atoms with E-state index in [1.807, 2.05) is 30.3 Å². The average molecular weight is 426 g/mol. The van der Waals surface area contributed by atoms with Crippen LogP contribution in [0.25, 0.3) is 0 Å². The van der Waals surface area contributed by atoms with Crippen molar-refractivity contribution in [3.05, 3.63) is 78.2 Å². The van der Waals surface area contributed by atoms with Gasteiger partial charge in [-0.1, -0.05) is 60.8 Å². The van der Waals surface area contributed by atoms with Crippen LogP contribution in [0.1, 0.15) is 24.0 Å². The molecular formula is C22H23N3O4S. The van der Waals surface area contributed by atoms with Gasteiger partial charge >= 0.3 is 5.97 Å². The summed E-state index contributed by atoms with van der Waals surface area (Å²) in [4.78, 5) is 21.8. The van der Waals surface area contributed by atoms with Crippen molar-refractivity contribution in [3.8, 4) is 11.8 Å². The minimum Gasteiger partial charge on any atom is -0.473 e. The van der Waals surface area contributed by atoms with Gasteiger partial charge in [-0.05, 0) is 12.5 Å². The Labute approximate surface area is 179 Å². The minimum absolute atomic E-state index is 0.0529. The van der Waals surface area contributed by atoms with E-state index in [0.29, 0.717) is 22.4 Å². The normalized spacial score (nSPS) is 15.0. The number of rotatable bonds is 9. The second kappa shape index (κ2) is 9.98. The predicted octanol–water partition coefficient (Wildman–Crippen LogP) is 3.58. The van der Waals surface area contributed by atoms with Gasteiger partial charge in [-0.25, -0.2) is 4.79 Å². The van der Waals surface area contributed by atoms with Gasteiger partial charge in [0.15, 0.2) is 5.16 Å². The highest BCUT2D eigenvalue weighted by Gasteiger charge is 2.39. The number of fused-ring (bicyclic) bond motifs is 1. The van der Waals surface area contributed by atoms with Crippen molar-refractivity contribution < 1.29 is 19.0 Å². The minimum atomic E-state index is -0.604. The molecule has 2 heterocycles. The molecule has 0 bridgehead atoms. The number of esters is 1. The largest absolute Gasteiger partial charge is 0.473 e. The molecule has 8 heteroatoms. The third-order valence-electron chi connectivity index (χ3n) is 4.20. The molecular weight excluding hydrogens is 402 g/mol. The topological polar surface area (TPSA) is 96.6 Å². The lowest BCUT2D eigenvalue weighted by Crippen LogP contribution is -2.29. The van der Waals surface area contributed by atoms with Crippen molar-refractivity contribution in [2.45, 2.75) is 18.0 Å². The number of hydrogen-bond acceptors (Lipinski definition) is 8. The molecule has 0 aliphatic carbocycles. The zero-order valence-corrected chi connectivity index (χ0v) is 17.5. The highest BCUT2D eigenvalue weighted by Crippen LogP contribution is 2.46. The van der Waals surface area contributed by atoms with Crippen molar-refractivity contribution >= 4 is 17.7 Å². The van der Waals surface area contributed by atoms with Gasteiger partial charge in [0.25, 0.3) is 0 Å². The summed E-state index contributed by atoms with van der Waals surface area (Å²) in [6, 6.07) is 9.43. The summed E-state index contributed by atoms with van der Waals surface area (Å²) in [6.07, 6.45) is 3.36. The van der Waals surface area contributed by atoms with Crippen LogP contribution in [0.4, 0.5) is 0 Å². The fourth-order valence-electron chi connectivity index (χ4n) is 3.03. The quantitative estimate of drug-likeness (QED) is 0.282. The summed E-state index contributed by atoms with van der Waals surface area (Å²) in [6.45, 7) is 9.57. The molecule has 2 N–H and O–H groups in total. The second-order valence-electron chi connectivity index (χ2n) is 6.17. The summed E-state index contributed by atoms with van der Waals surface area (Å²) < 4.78 is 16.9. The van der Waals surface area contributed by atoms with Crippen LogP contribution >= 0.6 is 11.8 Å². The molecule has 30 heavy (non-hydrogen) atoms. The number of nitrogens with zero attached hydrogens (tertiary/aromatic N) is 2. The molecule has 0 amide bonds. The summed E-state index contributed by atoms with van der Waals surface area (Å²) in [7, 11) is 0. The molecule has 1 unspecified atom stereocenters. The molecule has 0 radical (unpaired) electrons. The predicted molar refractivity (Wildman–Crippen MR) is 115 cm³/mol.